The number of hydrogen-bond donors (Lipinski definition) is 0. The van der Waals surface area contributed by atoms with Crippen LogP contribution in [0.1, 0.15) is 10.5 Å². The van der Waals surface area contributed by atoms with Crippen LogP contribution in [-0.2, 0) is 4.74 Å². The molecule has 76 valence electrons. The van der Waals surface area contributed by atoms with E-state index < -0.39 is 5.97 Å². The van der Waals surface area contributed by atoms with E-state index in [0.717, 1.165) is 5.39 Å². The van der Waals surface area contributed by atoms with Crippen LogP contribution >= 0.6 is 11.6 Å². The number of esters is 1. The molecule has 2 rings (SSSR count). The third-order valence-corrected chi connectivity index (χ3v) is 2.27. The maximum absolute atomic E-state index is 11.3. The van der Waals surface area contributed by atoms with Gasteiger partial charge in [-0.05, 0) is 17.5 Å². The van der Waals surface area contributed by atoms with Crippen LogP contribution in [0.15, 0.2) is 24.5 Å². The highest BCUT2D eigenvalue weighted by molar-refractivity contribution is 6.34. The molecule has 0 radical (unpaired) electrons. The van der Waals surface area contributed by atoms with E-state index in [1.807, 2.05) is 0 Å². The first kappa shape index (κ1) is 9.86. The lowest BCUT2D eigenvalue weighted by Gasteiger charge is -2.02. The first-order valence-electron chi connectivity index (χ1n) is 4.21. The van der Waals surface area contributed by atoms with Crippen molar-refractivity contribution in [2.75, 3.05) is 7.11 Å². The number of carbonyl (C=O) groups excluding carboxylic acids is 1. The molecule has 2 heterocycles. The second-order valence-corrected chi connectivity index (χ2v) is 3.24. The van der Waals surface area contributed by atoms with Gasteiger partial charge in [0.05, 0.1) is 7.11 Å². The minimum absolute atomic E-state index is 0.196. The van der Waals surface area contributed by atoms with E-state index in [2.05, 4.69) is 14.7 Å². The zero-order chi connectivity index (χ0) is 10.8. The van der Waals surface area contributed by atoms with Crippen LogP contribution in [-0.4, -0.2) is 23.0 Å². The van der Waals surface area contributed by atoms with Gasteiger partial charge in [0.2, 0.25) is 0 Å². The summed E-state index contributed by atoms with van der Waals surface area (Å²) < 4.78 is 4.56. The Hall–Kier alpha value is -1.68. The summed E-state index contributed by atoms with van der Waals surface area (Å²) in [5.41, 5.74) is 0.196. The van der Waals surface area contributed by atoms with Gasteiger partial charge in [-0.2, -0.15) is 0 Å². The molecule has 0 aliphatic heterocycles. The highest BCUT2D eigenvalue weighted by Crippen LogP contribution is 2.21. The van der Waals surface area contributed by atoms with Crippen molar-refractivity contribution in [3.05, 3.63) is 35.4 Å². The summed E-state index contributed by atoms with van der Waals surface area (Å²) in [6.45, 7) is 0. The zero-order valence-electron chi connectivity index (χ0n) is 7.90. The Kier molecular flexibility index (Phi) is 2.51. The van der Waals surface area contributed by atoms with E-state index in [1.165, 1.54) is 7.11 Å². The average molecular weight is 223 g/mol. The number of pyridine rings is 2. The highest BCUT2D eigenvalue weighted by Gasteiger charge is 2.10. The Morgan fingerprint density at radius 2 is 2.33 bits per heavy atom. The molecule has 0 spiro atoms. The number of methoxy groups -OCH3 is 1. The molecule has 0 saturated carbocycles. The molecule has 0 unspecified atom stereocenters. The molecule has 2 aromatic heterocycles. The largest absolute Gasteiger partial charge is 0.464 e. The Labute approximate surface area is 90.9 Å². The third-order valence-electron chi connectivity index (χ3n) is 1.98. The van der Waals surface area contributed by atoms with Crippen molar-refractivity contribution < 1.29 is 9.53 Å². The van der Waals surface area contributed by atoms with Gasteiger partial charge >= 0.3 is 5.97 Å². The second-order valence-electron chi connectivity index (χ2n) is 2.89. The van der Waals surface area contributed by atoms with Gasteiger partial charge in [-0.1, -0.05) is 11.6 Å². The number of ether oxygens (including phenoxy) is 1. The van der Waals surface area contributed by atoms with E-state index in [1.54, 1.807) is 24.5 Å². The lowest BCUT2D eigenvalue weighted by molar-refractivity contribution is 0.0594. The molecule has 0 bridgehead atoms. The van der Waals surface area contributed by atoms with Gasteiger partial charge in [0.25, 0.3) is 0 Å². The molecule has 0 aliphatic rings. The predicted molar refractivity (Wildman–Crippen MR) is 55.9 cm³/mol. The minimum Gasteiger partial charge on any atom is -0.464 e. The summed E-state index contributed by atoms with van der Waals surface area (Å²) in [6.07, 6.45) is 3.23. The van der Waals surface area contributed by atoms with Crippen LogP contribution in [0.25, 0.3) is 10.8 Å². The van der Waals surface area contributed by atoms with Gasteiger partial charge in [0.15, 0.2) is 5.69 Å². The van der Waals surface area contributed by atoms with Crippen LogP contribution < -0.4 is 0 Å². The summed E-state index contributed by atoms with van der Waals surface area (Å²) in [6, 6.07) is 3.38. The smallest absolute Gasteiger partial charge is 0.356 e. The Morgan fingerprint density at radius 3 is 3.07 bits per heavy atom. The summed E-state index contributed by atoms with van der Waals surface area (Å²) in [5.74, 6) is -0.504. The monoisotopic (exact) mass is 222 g/mol. The minimum atomic E-state index is -0.504. The number of aromatic nitrogens is 2. The normalized spacial score (nSPS) is 10.3. The van der Waals surface area contributed by atoms with Crippen molar-refractivity contribution in [3.63, 3.8) is 0 Å². The molecule has 0 fully saturated rings. The standard InChI is InChI=1S/C10H7ClN2O2/c1-15-10(14)8-4-6-2-3-12-5-7(6)9(11)13-8/h2-5H,1H3. The second kappa shape index (κ2) is 3.82. The Bertz CT molecular complexity index is 528. The van der Waals surface area contributed by atoms with E-state index in [9.17, 15) is 4.79 Å². The van der Waals surface area contributed by atoms with E-state index in [0.29, 0.717) is 5.39 Å². The summed E-state index contributed by atoms with van der Waals surface area (Å²) in [7, 11) is 1.30. The van der Waals surface area contributed by atoms with Crippen molar-refractivity contribution in [1.82, 2.24) is 9.97 Å². The molecule has 0 N–H and O–H groups in total. The SMILES string of the molecule is COC(=O)c1cc2ccncc2c(Cl)n1. The van der Waals surface area contributed by atoms with Gasteiger partial charge in [0.1, 0.15) is 5.15 Å². The summed E-state index contributed by atoms with van der Waals surface area (Å²) in [4.78, 5) is 19.1. The Balaban J connectivity index is 2.67. The van der Waals surface area contributed by atoms with E-state index in [-0.39, 0.29) is 10.8 Å². The van der Waals surface area contributed by atoms with Gasteiger partial charge in [-0.15, -0.1) is 0 Å². The molecular weight excluding hydrogens is 216 g/mol. The third kappa shape index (κ3) is 1.76. The molecule has 0 aromatic carbocycles. The zero-order valence-corrected chi connectivity index (χ0v) is 8.65. The predicted octanol–water partition coefficient (Wildman–Crippen LogP) is 2.07. The van der Waals surface area contributed by atoms with Crippen molar-refractivity contribution in [1.29, 1.82) is 0 Å². The number of nitrogens with zero attached hydrogens (tertiary/aromatic N) is 2. The quantitative estimate of drug-likeness (QED) is 0.548. The van der Waals surface area contributed by atoms with Gasteiger partial charge in [0, 0.05) is 17.8 Å². The van der Waals surface area contributed by atoms with Crippen LogP contribution in [0.3, 0.4) is 0 Å². The lowest BCUT2D eigenvalue weighted by atomic mass is 10.2. The summed E-state index contributed by atoms with van der Waals surface area (Å²) >= 11 is 5.90. The number of fused-ring (bicyclic) bond motifs is 1. The Morgan fingerprint density at radius 1 is 1.53 bits per heavy atom. The van der Waals surface area contributed by atoms with Crippen LogP contribution in [0.5, 0.6) is 0 Å². The average Bonchev–Trinajstić information content (AvgIpc) is 2.28. The topological polar surface area (TPSA) is 52.1 Å². The van der Waals surface area contributed by atoms with Crippen LogP contribution in [0.2, 0.25) is 5.15 Å². The molecule has 0 saturated heterocycles. The highest BCUT2D eigenvalue weighted by atomic mass is 35.5. The van der Waals surface area contributed by atoms with Gasteiger partial charge in [-0.3, -0.25) is 4.98 Å². The molecule has 0 amide bonds. The first-order valence-corrected chi connectivity index (χ1v) is 4.59. The van der Waals surface area contributed by atoms with E-state index in [4.69, 9.17) is 11.6 Å². The maximum atomic E-state index is 11.3. The fourth-order valence-corrected chi connectivity index (χ4v) is 1.51. The lowest BCUT2D eigenvalue weighted by Crippen LogP contribution is -2.04. The van der Waals surface area contributed by atoms with Crippen molar-refractivity contribution in [3.8, 4) is 0 Å². The number of hydrogen-bond acceptors (Lipinski definition) is 4. The van der Waals surface area contributed by atoms with Gasteiger partial charge < -0.3 is 4.74 Å². The first-order chi connectivity index (χ1) is 7.22. The molecule has 0 aliphatic carbocycles. The fourth-order valence-electron chi connectivity index (χ4n) is 1.26. The van der Waals surface area contributed by atoms with Crippen LogP contribution in [0, 0.1) is 0 Å². The van der Waals surface area contributed by atoms with E-state index >= 15 is 0 Å². The number of rotatable bonds is 1. The van der Waals surface area contributed by atoms with Gasteiger partial charge in [-0.25, -0.2) is 9.78 Å². The molecule has 4 nitrogen and oxygen atoms in total. The number of halogens is 1. The molecule has 15 heavy (non-hydrogen) atoms. The molecule has 5 heteroatoms. The summed E-state index contributed by atoms with van der Waals surface area (Å²) in [5, 5.41) is 1.78. The van der Waals surface area contributed by atoms with Crippen molar-refractivity contribution in [2.24, 2.45) is 0 Å². The molecule has 0 atom stereocenters. The van der Waals surface area contributed by atoms with Crippen molar-refractivity contribution >= 4 is 28.3 Å². The van der Waals surface area contributed by atoms with Crippen LogP contribution in [0.4, 0.5) is 0 Å². The van der Waals surface area contributed by atoms with Crippen molar-refractivity contribution in [2.45, 2.75) is 0 Å². The fraction of sp³-hybridized carbons (Fsp3) is 0.100. The maximum Gasteiger partial charge on any atom is 0.356 e. The number of carbonyl (C=O) groups is 1. The molecular formula is C10H7ClN2O2. The molecule has 2 aromatic rings.